The van der Waals surface area contributed by atoms with E-state index in [2.05, 4.69) is 15.3 Å². The number of fused-ring (bicyclic) bond motifs is 1. The smallest absolute Gasteiger partial charge is 0.348 e. The normalized spacial score (nSPS) is 11.2. The van der Waals surface area contributed by atoms with Crippen molar-refractivity contribution < 1.29 is 18.7 Å². The third-order valence-electron chi connectivity index (χ3n) is 4.84. The van der Waals surface area contributed by atoms with Crippen molar-refractivity contribution in [1.82, 2.24) is 14.5 Å². The molecule has 1 aromatic carbocycles. The van der Waals surface area contributed by atoms with Gasteiger partial charge in [-0.1, -0.05) is 0 Å². The van der Waals surface area contributed by atoms with Gasteiger partial charge in [-0.15, -0.1) is 11.3 Å². The van der Waals surface area contributed by atoms with Crippen LogP contribution in [0.15, 0.2) is 36.7 Å². The molecule has 0 aliphatic rings. The van der Waals surface area contributed by atoms with Gasteiger partial charge in [-0.05, 0) is 43.7 Å². The monoisotopic (exact) mass is 428 g/mol. The average molecular weight is 428 g/mol. The Labute approximate surface area is 174 Å². The lowest BCUT2D eigenvalue weighted by molar-refractivity contribution is 0.0697. The van der Waals surface area contributed by atoms with Crippen LogP contribution in [0.4, 0.5) is 14.6 Å². The summed E-state index contributed by atoms with van der Waals surface area (Å²) in [5.74, 6) is -1.83. The van der Waals surface area contributed by atoms with E-state index in [4.69, 9.17) is 5.11 Å². The number of hydrogen-bond donors (Lipinski definition) is 2. The van der Waals surface area contributed by atoms with E-state index in [-0.39, 0.29) is 10.7 Å². The number of nitrogens with one attached hydrogen (secondary N) is 1. The van der Waals surface area contributed by atoms with Gasteiger partial charge in [-0.25, -0.2) is 23.5 Å². The predicted molar refractivity (Wildman–Crippen MR) is 112 cm³/mol. The van der Waals surface area contributed by atoms with Crippen molar-refractivity contribution >= 4 is 34.0 Å². The van der Waals surface area contributed by atoms with Crippen molar-refractivity contribution in [3.8, 4) is 10.6 Å². The van der Waals surface area contributed by atoms with Gasteiger partial charge < -0.3 is 15.0 Å². The molecule has 0 bridgehead atoms. The second kappa shape index (κ2) is 7.83. The number of carboxylic acid groups (broad SMARTS) is 1. The minimum absolute atomic E-state index is 0.267. The van der Waals surface area contributed by atoms with Crippen molar-refractivity contribution in [2.24, 2.45) is 0 Å². The highest BCUT2D eigenvalue weighted by Gasteiger charge is 2.17. The highest BCUT2D eigenvalue weighted by atomic mass is 32.1. The molecule has 0 aliphatic carbocycles. The molecule has 6 nitrogen and oxygen atoms in total. The van der Waals surface area contributed by atoms with Crippen LogP contribution in [-0.4, -0.2) is 32.2 Å². The van der Waals surface area contributed by atoms with Crippen LogP contribution in [-0.2, 0) is 6.54 Å². The summed E-state index contributed by atoms with van der Waals surface area (Å²) in [7, 11) is 0. The van der Waals surface area contributed by atoms with E-state index < -0.39 is 11.8 Å². The van der Waals surface area contributed by atoms with Gasteiger partial charge in [0.25, 0.3) is 0 Å². The molecule has 2 N–H and O–H groups in total. The van der Waals surface area contributed by atoms with Crippen molar-refractivity contribution in [2.75, 3.05) is 11.9 Å². The van der Waals surface area contributed by atoms with Crippen molar-refractivity contribution in [3.63, 3.8) is 0 Å². The molecule has 0 fully saturated rings. The zero-order valence-corrected chi connectivity index (χ0v) is 17.1. The molecule has 0 amide bonds. The zero-order chi connectivity index (χ0) is 21.4. The Kier molecular flexibility index (Phi) is 5.21. The van der Waals surface area contributed by atoms with Gasteiger partial charge >= 0.3 is 5.97 Å². The Bertz CT molecular complexity index is 1270. The average Bonchev–Trinajstić information content (AvgIpc) is 3.23. The number of aromatic nitrogens is 3. The first-order valence-electron chi connectivity index (χ1n) is 9.18. The first-order valence-corrected chi connectivity index (χ1v) is 10.00. The highest BCUT2D eigenvalue weighted by molar-refractivity contribution is 7.17. The van der Waals surface area contributed by atoms with Gasteiger partial charge in [0, 0.05) is 30.2 Å². The summed E-state index contributed by atoms with van der Waals surface area (Å²) in [5, 5.41) is 13.2. The summed E-state index contributed by atoms with van der Waals surface area (Å²) >= 11 is 0.825. The summed E-state index contributed by atoms with van der Waals surface area (Å²) in [5.41, 5.74) is 3.19. The molecular formula is C21H18F2N4O2S. The Morgan fingerprint density at radius 3 is 2.70 bits per heavy atom. The molecule has 4 aromatic rings. The third-order valence-corrected chi connectivity index (χ3v) is 5.96. The minimum atomic E-state index is -1.31. The second-order valence-corrected chi connectivity index (χ2v) is 7.95. The molecule has 30 heavy (non-hydrogen) atoms. The molecule has 0 atom stereocenters. The molecule has 0 spiro atoms. The van der Waals surface area contributed by atoms with Gasteiger partial charge in [-0.2, -0.15) is 0 Å². The lowest BCUT2D eigenvalue weighted by Crippen LogP contribution is -2.12. The number of hydrogen-bond acceptors (Lipinski definition) is 5. The molecule has 154 valence electrons. The molecule has 0 unspecified atom stereocenters. The fraction of sp³-hybridized carbons (Fsp3) is 0.190. The van der Waals surface area contributed by atoms with Gasteiger partial charge in [0.2, 0.25) is 0 Å². The molecule has 0 saturated carbocycles. The molecule has 0 saturated heterocycles. The van der Waals surface area contributed by atoms with E-state index in [1.54, 1.807) is 6.07 Å². The molecule has 0 aliphatic heterocycles. The summed E-state index contributed by atoms with van der Waals surface area (Å²) in [6.45, 7) is 4.98. The molecule has 3 heterocycles. The van der Waals surface area contributed by atoms with Crippen LogP contribution in [0.5, 0.6) is 0 Å². The maximum Gasteiger partial charge on any atom is 0.348 e. The number of carboxylic acids is 1. The molecule has 3 aromatic heterocycles. The zero-order valence-electron chi connectivity index (χ0n) is 16.2. The number of carbonyl (C=O) groups is 1. The van der Waals surface area contributed by atoms with Crippen LogP contribution in [0.2, 0.25) is 0 Å². The molecule has 9 heteroatoms. The summed E-state index contributed by atoms with van der Waals surface area (Å²) in [4.78, 5) is 19.4. The van der Waals surface area contributed by atoms with Gasteiger partial charge in [0.15, 0.2) is 0 Å². The number of anilines is 1. The molecule has 0 radical (unpaired) electrons. The van der Waals surface area contributed by atoms with Crippen molar-refractivity contribution in [2.45, 2.75) is 20.4 Å². The fourth-order valence-corrected chi connectivity index (χ4v) is 4.29. The first-order chi connectivity index (χ1) is 14.3. The van der Waals surface area contributed by atoms with Gasteiger partial charge in [-0.3, -0.25) is 0 Å². The quantitative estimate of drug-likeness (QED) is 0.458. The SMILES string of the molecule is Cc1cc(F)cc2c1cc(C)n2CCNc1cc(-c2cc(F)c(C(=O)O)s2)ncn1. The standard InChI is InChI=1S/C21H18F2N4O2S/c1-11-5-13(22)7-17-14(11)6-12(2)27(17)4-3-24-19-9-16(25-10-26-19)18-8-15(23)20(30-18)21(28)29/h5-10H,3-4H2,1-2H3,(H,28,29)(H,24,25,26). The molecular weight excluding hydrogens is 410 g/mol. The Hall–Kier alpha value is -3.33. The van der Waals surface area contributed by atoms with E-state index in [1.165, 1.54) is 18.5 Å². The topological polar surface area (TPSA) is 80.0 Å². The number of halogens is 2. The Morgan fingerprint density at radius 1 is 1.17 bits per heavy atom. The van der Waals surface area contributed by atoms with Crippen LogP contribution in [0.3, 0.4) is 0 Å². The number of thiophene rings is 1. The lowest BCUT2D eigenvalue weighted by atomic mass is 10.1. The largest absolute Gasteiger partial charge is 0.477 e. The predicted octanol–water partition coefficient (Wildman–Crippen LogP) is 4.87. The van der Waals surface area contributed by atoms with Gasteiger partial charge in [0.1, 0.15) is 28.7 Å². The van der Waals surface area contributed by atoms with Crippen LogP contribution in [0.25, 0.3) is 21.5 Å². The Morgan fingerprint density at radius 2 is 1.97 bits per heavy atom. The maximum atomic E-state index is 13.9. The van der Waals surface area contributed by atoms with E-state index in [0.29, 0.717) is 29.5 Å². The van der Waals surface area contributed by atoms with E-state index in [9.17, 15) is 13.6 Å². The highest BCUT2D eigenvalue weighted by Crippen LogP contribution is 2.30. The van der Waals surface area contributed by atoms with Crippen molar-refractivity contribution in [3.05, 3.63) is 64.4 Å². The van der Waals surface area contributed by atoms with Crippen LogP contribution >= 0.6 is 11.3 Å². The maximum absolute atomic E-state index is 13.9. The van der Waals surface area contributed by atoms with Crippen LogP contribution in [0, 0.1) is 25.5 Å². The summed E-state index contributed by atoms with van der Waals surface area (Å²) in [6.07, 6.45) is 1.34. The van der Waals surface area contributed by atoms with E-state index >= 15 is 0 Å². The van der Waals surface area contributed by atoms with Crippen LogP contribution < -0.4 is 5.32 Å². The van der Waals surface area contributed by atoms with Crippen LogP contribution in [0.1, 0.15) is 20.9 Å². The van der Waals surface area contributed by atoms with Gasteiger partial charge in [0.05, 0.1) is 16.1 Å². The Balaban J connectivity index is 1.51. The summed E-state index contributed by atoms with van der Waals surface area (Å²) < 4.78 is 29.7. The van der Waals surface area contributed by atoms with E-state index in [0.717, 1.165) is 39.6 Å². The minimum Gasteiger partial charge on any atom is -0.477 e. The third kappa shape index (κ3) is 3.76. The number of aromatic carboxylic acids is 1. The number of nitrogens with zero attached hydrogens (tertiary/aromatic N) is 3. The lowest BCUT2D eigenvalue weighted by Gasteiger charge is -2.11. The second-order valence-electron chi connectivity index (χ2n) is 6.90. The number of rotatable bonds is 6. The number of aryl methyl sites for hydroxylation is 2. The number of benzene rings is 1. The molecule has 4 rings (SSSR count). The van der Waals surface area contributed by atoms with E-state index in [1.807, 2.05) is 24.5 Å². The van der Waals surface area contributed by atoms with Crippen molar-refractivity contribution in [1.29, 1.82) is 0 Å². The fourth-order valence-electron chi connectivity index (χ4n) is 3.45. The first kappa shape index (κ1) is 20.0. The summed E-state index contributed by atoms with van der Waals surface area (Å²) in [6, 6.07) is 7.89.